The van der Waals surface area contributed by atoms with Crippen LogP contribution in [0.2, 0.25) is 0 Å². The van der Waals surface area contributed by atoms with E-state index in [0.29, 0.717) is 5.56 Å². The monoisotopic (exact) mass is 427 g/mol. The zero-order valence-corrected chi connectivity index (χ0v) is 18.1. The Labute approximate surface area is 182 Å². The smallest absolute Gasteiger partial charge is 0.408 e. The van der Waals surface area contributed by atoms with Crippen LogP contribution in [0.3, 0.4) is 0 Å². The van der Waals surface area contributed by atoms with Gasteiger partial charge in [-0.2, -0.15) is 0 Å². The van der Waals surface area contributed by atoms with E-state index in [9.17, 15) is 14.0 Å². The number of hydrogen-bond donors (Lipinski definition) is 2. The molecule has 0 saturated carbocycles. The van der Waals surface area contributed by atoms with Crippen LogP contribution in [-0.2, 0) is 28.0 Å². The van der Waals surface area contributed by atoms with Crippen molar-refractivity contribution in [1.82, 2.24) is 10.2 Å². The lowest BCUT2D eigenvalue weighted by Gasteiger charge is -2.38. The lowest BCUT2D eigenvalue weighted by atomic mass is 9.74. The number of hydrogen-bond acceptors (Lipinski definition) is 4. The van der Waals surface area contributed by atoms with E-state index in [2.05, 4.69) is 24.2 Å². The molecule has 6 nitrogen and oxygen atoms in total. The molecule has 0 bridgehead atoms. The number of benzene rings is 2. The van der Waals surface area contributed by atoms with Crippen LogP contribution in [0.5, 0.6) is 0 Å². The molecule has 31 heavy (non-hydrogen) atoms. The number of halogens is 1. The van der Waals surface area contributed by atoms with E-state index in [4.69, 9.17) is 10.5 Å². The molecule has 1 unspecified atom stereocenters. The molecule has 0 spiro atoms. The molecule has 1 aliphatic rings. The zero-order chi connectivity index (χ0) is 22.4. The van der Waals surface area contributed by atoms with E-state index >= 15 is 0 Å². The molecule has 1 heterocycles. The molecule has 3 N–H and O–H groups in total. The van der Waals surface area contributed by atoms with Crippen LogP contribution in [0, 0.1) is 5.82 Å². The van der Waals surface area contributed by atoms with Crippen LogP contribution in [0.1, 0.15) is 36.5 Å². The van der Waals surface area contributed by atoms with Crippen molar-refractivity contribution in [2.75, 3.05) is 20.1 Å². The number of carbonyl (C=O) groups is 2. The second kappa shape index (κ2) is 9.92. The van der Waals surface area contributed by atoms with E-state index in [1.54, 1.807) is 12.1 Å². The van der Waals surface area contributed by atoms with Crippen LogP contribution in [0.4, 0.5) is 9.18 Å². The first kappa shape index (κ1) is 22.7. The third-order valence-electron chi connectivity index (χ3n) is 6.11. The minimum Gasteiger partial charge on any atom is -0.445 e. The first-order valence-electron chi connectivity index (χ1n) is 10.5. The van der Waals surface area contributed by atoms with Gasteiger partial charge >= 0.3 is 6.09 Å². The number of alkyl carbamates (subject to hydrolysis) is 1. The maximum atomic E-state index is 14.9. The maximum Gasteiger partial charge on any atom is 0.408 e. The lowest BCUT2D eigenvalue weighted by Crippen LogP contribution is -2.46. The van der Waals surface area contributed by atoms with Gasteiger partial charge in [-0.05, 0) is 61.2 Å². The van der Waals surface area contributed by atoms with Crippen molar-refractivity contribution in [1.29, 1.82) is 0 Å². The molecule has 1 aliphatic heterocycles. The summed E-state index contributed by atoms with van der Waals surface area (Å²) in [6.07, 6.45) is 1.10. The Morgan fingerprint density at radius 2 is 1.87 bits per heavy atom. The highest BCUT2D eigenvalue weighted by atomic mass is 19.1. The number of rotatable bonds is 7. The SMILES string of the molecule is CN1CCC(C)(c2ccc(CC(NC(=O)OCc3ccccc3)C(N)=O)c(F)c2)CC1. The topological polar surface area (TPSA) is 84.7 Å². The van der Waals surface area contributed by atoms with Crippen molar-refractivity contribution < 1.29 is 18.7 Å². The minimum atomic E-state index is -1.07. The highest BCUT2D eigenvalue weighted by molar-refractivity contribution is 5.84. The zero-order valence-electron chi connectivity index (χ0n) is 18.1. The molecule has 1 saturated heterocycles. The second-order valence-corrected chi connectivity index (χ2v) is 8.54. The summed E-state index contributed by atoms with van der Waals surface area (Å²) in [5.74, 6) is -1.15. The third-order valence-corrected chi connectivity index (χ3v) is 6.11. The van der Waals surface area contributed by atoms with E-state index in [0.717, 1.165) is 37.1 Å². The average Bonchev–Trinajstić information content (AvgIpc) is 2.76. The molecule has 0 aromatic heterocycles. The Morgan fingerprint density at radius 3 is 2.48 bits per heavy atom. The van der Waals surface area contributed by atoms with E-state index in [1.165, 1.54) is 0 Å². The average molecular weight is 428 g/mol. The molecule has 166 valence electrons. The number of primary amides is 1. The highest BCUT2D eigenvalue weighted by Crippen LogP contribution is 2.35. The van der Waals surface area contributed by atoms with Gasteiger partial charge in [-0.1, -0.05) is 49.4 Å². The van der Waals surface area contributed by atoms with Crippen molar-refractivity contribution in [2.45, 2.75) is 44.2 Å². The van der Waals surface area contributed by atoms with Crippen molar-refractivity contribution in [3.05, 3.63) is 71.0 Å². The molecule has 2 aromatic rings. The summed E-state index contributed by atoms with van der Waals surface area (Å²) in [4.78, 5) is 26.2. The Balaban J connectivity index is 1.63. The number of piperidine rings is 1. The molecular formula is C24H30FN3O3. The molecule has 1 atom stereocenters. The summed E-state index contributed by atoms with van der Waals surface area (Å²) >= 11 is 0. The lowest BCUT2D eigenvalue weighted by molar-refractivity contribution is -0.119. The van der Waals surface area contributed by atoms with Crippen molar-refractivity contribution >= 4 is 12.0 Å². The fourth-order valence-corrected chi connectivity index (χ4v) is 3.84. The van der Waals surface area contributed by atoms with Gasteiger partial charge in [0.15, 0.2) is 0 Å². The molecule has 3 rings (SSSR count). The van der Waals surface area contributed by atoms with Gasteiger partial charge in [0.1, 0.15) is 18.5 Å². The van der Waals surface area contributed by atoms with Gasteiger partial charge in [0.2, 0.25) is 5.91 Å². The highest BCUT2D eigenvalue weighted by Gasteiger charge is 2.31. The molecule has 0 radical (unpaired) electrons. The van der Waals surface area contributed by atoms with Gasteiger partial charge in [0.25, 0.3) is 0 Å². The van der Waals surface area contributed by atoms with Gasteiger partial charge in [-0.15, -0.1) is 0 Å². The van der Waals surface area contributed by atoms with Gasteiger partial charge in [-0.3, -0.25) is 4.79 Å². The number of nitrogens with two attached hydrogens (primary N) is 1. The number of likely N-dealkylation sites (tertiary alicyclic amines) is 1. The van der Waals surface area contributed by atoms with Gasteiger partial charge in [0.05, 0.1) is 0 Å². The van der Waals surface area contributed by atoms with Crippen molar-refractivity contribution in [3.63, 3.8) is 0 Å². The Morgan fingerprint density at radius 1 is 1.19 bits per heavy atom. The van der Waals surface area contributed by atoms with Crippen LogP contribution in [0.25, 0.3) is 0 Å². The first-order chi connectivity index (χ1) is 14.8. The minimum absolute atomic E-state index is 0.0403. The van der Waals surface area contributed by atoms with Crippen LogP contribution < -0.4 is 11.1 Å². The van der Waals surface area contributed by atoms with Crippen LogP contribution >= 0.6 is 0 Å². The predicted octanol–water partition coefficient (Wildman–Crippen LogP) is 3.13. The summed E-state index contributed by atoms with van der Waals surface area (Å²) in [7, 11) is 2.09. The van der Waals surface area contributed by atoms with Gasteiger partial charge in [-0.25, -0.2) is 9.18 Å². The normalized spacial score (nSPS) is 17.0. The maximum absolute atomic E-state index is 14.9. The number of amides is 2. The Bertz CT molecular complexity index is 912. The predicted molar refractivity (Wildman–Crippen MR) is 117 cm³/mol. The van der Waals surface area contributed by atoms with Gasteiger partial charge in [0, 0.05) is 6.42 Å². The Hall–Kier alpha value is -2.93. The summed E-state index contributed by atoms with van der Waals surface area (Å²) in [5.41, 5.74) is 7.45. The quantitative estimate of drug-likeness (QED) is 0.711. The summed E-state index contributed by atoms with van der Waals surface area (Å²) in [6, 6.07) is 13.2. The molecule has 2 amide bonds. The molecule has 1 fully saturated rings. The molecule has 7 heteroatoms. The van der Waals surface area contributed by atoms with Crippen molar-refractivity contribution in [3.8, 4) is 0 Å². The first-order valence-corrected chi connectivity index (χ1v) is 10.5. The van der Waals surface area contributed by atoms with E-state index < -0.39 is 23.9 Å². The standard InChI is InChI=1S/C24H30FN3O3/c1-24(10-12-28(2)13-11-24)19-9-8-18(20(25)15-19)14-21(22(26)29)27-23(30)31-16-17-6-4-3-5-7-17/h3-9,15,21H,10-14,16H2,1-2H3,(H2,26,29)(H,27,30). The fraction of sp³-hybridized carbons (Fsp3) is 0.417. The summed E-state index contributed by atoms with van der Waals surface area (Å²) in [6.45, 7) is 4.16. The van der Waals surface area contributed by atoms with Crippen molar-refractivity contribution in [2.24, 2.45) is 5.73 Å². The molecule has 2 aromatic carbocycles. The fourth-order valence-electron chi connectivity index (χ4n) is 3.84. The summed E-state index contributed by atoms with van der Waals surface area (Å²) in [5, 5.41) is 2.44. The summed E-state index contributed by atoms with van der Waals surface area (Å²) < 4.78 is 20.0. The number of nitrogens with zero attached hydrogens (tertiary/aromatic N) is 1. The third kappa shape index (κ3) is 6.04. The number of carbonyl (C=O) groups excluding carboxylic acids is 2. The Kier molecular flexibility index (Phi) is 7.28. The van der Waals surface area contributed by atoms with Crippen LogP contribution in [-0.4, -0.2) is 43.1 Å². The van der Waals surface area contributed by atoms with E-state index in [1.807, 2.05) is 36.4 Å². The number of nitrogens with one attached hydrogen (secondary N) is 1. The molecule has 0 aliphatic carbocycles. The van der Waals surface area contributed by atoms with E-state index in [-0.39, 0.29) is 18.4 Å². The number of ether oxygens (including phenoxy) is 1. The van der Waals surface area contributed by atoms with Gasteiger partial charge < -0.3 is 20.7 Å². The van der Waals surface area contributed by atoms with Crippen LogP contribution in [0.15, 0.2) is 48.5 Å². The largest absolute Gasteiger partial charge is 0.445 e. The molecular weight excluding hydrogens is 397 g/mol. The second-order valence-electron chi connectivity index (χ2n) is 8.54.